The molecule has 2 aromatic carbocycles. The number of anilines is 1. The van der Waals surface area contributed by atoms with Gasteiger partial charge in [-0.15, -0.1) is 0 Å². The zero-order valence-electron chi connectivity index (χ0n) is 20.2. The maximum Gasteiger partial charge on any atom is 0.271 e. The predicted molar refractivity (Wildman–Crippen MR) is 139 cm³/mol. The monoisotopic (exact) mass is 522 g/mol. The molecule has 1 atom stereocenters. The summed E-state index contributed by atoms with van der Waals surface area (Å²) in [6.45, 7) is 6.19. The lowest BCUT2D eigenvalue weighted by Gasteiger charge is -2.36. The topological polar surface area (TPSA) is 88.4 Å². The van der Waals surface area contributed by atoms with Crippen LogP contribution >= 0.6 is 11.6 Å². The molecule has 0 bridgehead atoms. The molecule has 0 saturated carbocycles. The van der Waals surface area contributed by atoms with Crippen molar-refractivity contribution in [1.82, 2.24) is 9.21 Å². The Morgan fingerprint density at radius 1 is 1.11 bits per heavy atom. The molecule has 1 saturated heterocycles. The zero-order valence-corrected chi connectivity index (χ0v) is 21.8. The number of nitrogens with zero attached hydrogens (tertiary/aromatic N) is 4. The number of non-ortho nitro benzene ring substituents is 1. The molecular formula is C24H31ClN4O5S. The number of rotatable bonds is 9. The molecule has 190 valence electrons. The third-order valence-corrected chi connectivity index (χ3v) is 9.64. The first-order chi connectivity index (χ1) is 16.8. The van der Waals surface area contributed by atoms with E-state index in [4.69, 9.17) is 21.1 Å². The van der Waals surface area contributed by atoms with Crippen LogP contribution in [-0.2, 0) is 25.7 Å². The number of ether oxygens (including phenoxy) is 2. The van der Waals surface area contributed by atoms with Crippen molar-refractivity contribution in [2.45, 2.75) is 18.4 Å². The van der Waals surface area contributed by atoms with Crippen molar-refractivity contribution in [2.75, 3.05) is 65.1 Å². The standard InChI is InChI=1S/C24H31ClN4O5S/c1-18-13-21(29(30)31)15-22-24(18)28(11-12-33-2)23(17-34-3)35(22,32)27-9-7-26(8-10-27)16-19-5-4-6-20(25)14-19/h4-6,13-15H,7-12,16-17H2,1-3H3. The molecule has 0 N–H and O–H groups in total. The summed E-state index contributed by atoms with van der Waals surface area (Å²) >= 11 is 6.14. The fraction of sp³-hybridized carbons (Fsp3) is 0.458. The van der Waals surface area contributed by atoms with E-state index >= 15 is 0 Å². The van der Waals surface area contributed by atoms with Crippen LogP contribution in [-0.4, -0.2) is 83.5 Å². The summed E-state index contributed by atoms with van der Waals surface area (Å²) in [6.07, 6.45) is 0. The third kappa shape index (κ3) is 5.04. The van der Waals surface area contributed by atoms with E-state index in [1.807, 2.05) is 40.4 Å². The van der Waals surface area contributed by atoms with E-state index in [0.717, 1.165) is 17.8 Å². The molecule has 0 amide bonds. The number of nitro benzene ring substituents is 1. The van der Waals surface area contributed by atoms with Crippen LogP contribution in [0.4, 0.5) is 11.4 Å². The summed E-state index contributed by atoms with van der Waals surface area (Å²) in [6, 6.07) is 10.8. The summed E-state index contributed by atoms with van der Waals surface area (Å²) < 4.78 is 27.8. The number of fused-ring (bicyclic) bond motifs is 1. The van der Waals surface area contributed by atoms with Gasteiger partial charge < -0.3 is 14.4 Å². The van der Waals surface area contributed by atoms with Gasteiger partial charge in [-0.1, -0.05) is 23.7 Å². The van der Waals surface area contributed by atoms with Crippen LogP contribution in [0.15, 0.2) is 41.3 Å². The quantitative estimate of drug-likeness (QED) is 0.284. The van der Waals surface area contributed by atoms with Gasteiger partial charge in [0, 0.05) is 70.6 Å². The second-order valence-corrected chi connectivity index (χ2v) is 11.6. The highest BCUT2D eigenvalue weighted by Crippen LogP contribution is 2.41. The van der Waals surface area contributed by atoms with Gasteiger partial charge in [0.15, 0.2) is 0 Å². The van der Waals surface area contributed by atoms with E-state index in [1.165, 1.54) is 12.1 Å². The maximum absolute atomic E-state index is 15.0. The highest BCUT2D eigenvalue weighted by Gasteiger charge is 2.41. The van der Waals surface area contributed by atoms with Gasteiger partial charge in [-0.2, -0.15) is 0 Å². The summed E-state index contributed by atoms with van der Waals surface area (Å²) in [5, 5.41) is 12.4. The average molecular weight is 523 g/mol. The first-order valence-corrected chi connectivity index (χ1v) is 13.3. The number of methoxy groups -OCH3 is 2. The minimum Gasteiger partial charge on any atom is -0.383 e. The lowest BCUT2D eigenvalue weighted by molar-refractivity contribution is -0.385. The molecule has 2 aliphatic heterocycles. The van der Waals surface area contributed by atoms with Crippen molar-refractivity contribution in [1.29, 1.82) is 0 Å². The van der Waals surface area contributed by atoms with Gasteiger partial charge in [0.25, 0.3) is 5.69 Å². The molecule has 1 fully saturated rings. The van der Waals surface area contributed by atoms with E-state index in [2.05, 4.69) is 4.90 Å². The molecule has 0 aliphatic carbocycles. The van der Waals surface area contributed by atoms with Crippen LogP contribution in [0, 0.1) is 17.0 Å². The molecule has 2 aliphatic rings. The number of hydrogen-bond donors (Lipinski definition) is 0. The fourth-order valence-corrected chi connectivity index (χ4v) is 8.11. The average Bonchev–Trinajstić information content (AvgIpc) is 3.07. The summed E-state index contributed by atoms with van der Waals surface area (Å²) in [5.74, 6) is 0. The summed E-state index contributed by atoms with van der Waals surface area (Å²) in [4.78, 5) is 16.6. The SMILES string of the molecule is COCCN1C(COC)=S(=O)(N2CCN(Cc3cccc(Cl)c3)CC2)c2cc([N+](=O)[O-])cc(C)c21. The highest BCUT2D eigenvalue weighted by molar-refractivity contribution is 8.01. The normalized spacial score (nSPS) is 20.9. The number of hydrogen-bond acceptors (Lipinski definition) is 7. The Labute approximate surface area is 211 Å². The Morgan fingerprint density at radius 2 is 1.86 bits per heavy atom. The molecule has 11 heteroatoms. The third-order valence-electron chi connectivity index (χ3n) is 6.43. The molecule has 0 spiro atoms. The van der Waals surface area contributed by atoms with Gasteiger partial charge in [-0.05, 0) is 30.2 Å². The number of nitro groups is 1. The number of halogens is 1. The van der Waals surface area contributed by atoms with Crippen LogP contribution < -0.4 is 4.90 Å². The van der Waals surface area contributed by atoms with Crippen molar-refractivity contribution in [3.05, 3.63) is 62.7 Å². The Kier molecular flexibility index (Phi) is 7.99. The van der Waals surface area contributed by atoms with Gasteiger partial charge in [0.1, 0.15) is 4.99 Å². The minimum absolute atomic E-state index is 0.0566. The van der Waals surface area contributed by atoms with Crippen LogP contribution in [0.2, 0.25) is 5.02 Å². The molecule has 35 heavy (non-hydrogen) atoms. The Morgan fingerprint density at radius 3 is 2.49 bits per heavy atom. The summed E-state index contributed by atoms with van der Waals surface area (Å²) in [7, 11) is 0.253. The lowest BCUT2D eigenvalue weighted by atomic mass is 10.1. The number of benzene rings is 2. The van der Waals surface area contributed by atoms with Crippen LogP contribution in [0.1, 0.15) is 11.1 Å². The van der Waals surface area contributed by atoms with E-state index < -0.39 is 14.6 Å². The first-order valence-electron chi connectivity index (χ1n) is 11.5. The Bertz CT molecular complexity index is 1220. The number of aryl methyl sites for hydroxylation is 1. The van der Waals surface area contributed by atoms with Crippen molar-refractivity contribution < 1.29 is 18.6 Å². The van der Waals surface area contributed by atoms with Gasteiger partial charge in [0.05, 0.1) is 38.4 Å². The van der Waals surface area contributed by atoms with Crippen molar-refractivity contribution in [3.63, 3.8) is 0 Å². The molecule has 9 nitrogen and oxygen atoms in total. The fourth-order valence-electron chi connectivity index (χ4n) is 4.82. The maximum atomic E-state index is 15.0. The van der Waals surface area contributed by atoms with Crippen LogP contribution in [0.5, 0.6) is 0 Å². The molecule has 0 radical (unpaired) electrons. The largest absolute Gasteiger partial charge is 0.383 e. The molecule has 2 heterocycles. The lowest BCUT2D eigenvalue weighted by Crippen LogP contribution is -2.50. The van der Waals surface area contributed by atoms with Gasteiger partial charge >= 0.3 is 0 Å². The van der Waals surface area contributed by atoms with E-state index in [0.29, 0.717) is 59.8 Å². The summed E-state index contributed by atoms with van der Waals surface area (Å²) in [5.41, 5.74) is 2.54. The van der Waals surface area contributed by atoms with Gasteiger partial charge in [-0.25, -0.2) is 8.51 Å². The van der Waals surface area contributed by atoms with Gasteiger partial charge in [0.2, 0.25) is 0 Å². The minimum atomic E-state index is -2.94. The smallest absolute Gasteiger partial charge is 0.271 e. The van der Waals surface area contributed by atoms with Crippen LogP contribution in [0.3, 0.4) is 0 Å². The molecule has 1 unspecified atom stereocenters. The van der Waals surface area contributed by atoms with Crippen molar-refractivity contribution >= 4 is 37.7 Å². The Balaban J connectivity index is 1.70. The molecule has 4 rings (SSSR count). The van der Waals surface area contributed by atoms with Gasteiger partial charge in [-0.3, -0.25) is 15.0 Å². The molecular weight excluding hydrogens is 492 g/mol. The zero-order chi connectivity index (χ0) is 25.2. The number of piperazine rings is 1. The van der Waals surface area contributed by atoms with Crippen LogP contribution in [0.25, 0.3) is 0 Å². The second-order valence-electron chi connectivity index (χ2n) is 8.70. The predicted octanol–water partition coefficient (Wildman–Crippen LogP) is 3.18. The second kappa shape index (κ2) is 10.8. The van der Waals surface area contributed by atoms with E-state index in [9.17, 15) is 14.3 Å². The Hall–Kier alpha value is -2.21. The van der Waals surface area contributed by atoms with E-state index in [-0.39, 0.29) is 12.3 Å². The van der Waals surface area contributed by atoms with Crippen molar-refractivity contribution in [2.24, 2.45) is 0 Å². The van der Waals surface area contributed by atoms with E-state index in [1.54, 1.807) is 14.2 Å². The van der Waals surface area contributed by atoms with Crippen molar-refractivity contribution in [3.8, 4) is 0 Å². The molecule has 0 aromatic heterocycles. The molecule has 2 aromatic rings. The first kappa shape index (κ1) is 25.9. The highest BCUT2D eigenvalue weighted by atomic mass is 35.5.